The third kappa shape index (κ3) is 3.25. The van der Waals surface area contributed by atoms with E-state index in [4.69, 9.17) is 11.6 Å². The Morgan fingerprint density at radius 3 is 2.75 bits per heavy atom. The van der Waals surface area contributed by atoms with E-state index in [1.165, 1.54) is 5.56 Å². The first-order valence-electron chi connectivity index (χ1n) is 6.76. The minimum atomic E-state index is 0.0369. The van der Waals surface area contributed by atoms with Crippen molar-refractivity contribution in [3.8, 4) is 0 Å². The Morgan fingerprint density at radius 2 is 2.15 bits per heavy atom. The first kappa shape index (κ1) is 15.5. The average Bonchev–Trinajstić information content (AvgIpc) is 2.78. The van der Waals surface area contributed by atoms with Gasteiger partial charge in [-0.05, 0) is 38.1 Å². The SMILES string of the molecule is CCNC(c1cccc(Br)c1)c1c(Cl)cnn1C(C)C. The zero-order chi connectivity index (χ0) is 14.7. The van der Waals surface area contributed by atoms with Crippen molar-refractivity contribution in [3.05, 3.63) is 51.2 Å². The van der Waals surface area contributed by atoms with Gasteiger partial charge in [0.1, 0.15) is 0 Å². The van der Waals surface area contributed by atoms with E-state index in [0.29, 0.717) is 5.02 Å². The van der Waals surface area contributed by atoms with E-state index in [2.05, 4.69) is 59.2 Å². The molecule has 0 spiro atoms. The molecule has 1 N–H and O–H groups in total. The number of hydrogen-bond acceptors (Lipinski definition) is 2. The summed E-state index contributed by atoms with van der Waals surface area (Å²) in [6, 6.07) is 8.58. The molecule has 0 amide bonds. The van der Waals surface area contributed by atoms with Gasteiger partial charge in [-0.3, -0.25) is 4.68 Å². The zero-order valence-corrected chi connectivity index (χ0v) is 14.2. The smallest absolute Gasteiger partial charge is 0.0837 e. The Bertz CT molecular complexity index is 580. The molecular formula is C15H19BrClN3. The van der Waals surface area contributed by atoms with E-state index < -0.39 is 0 Å². The number of halogens is 2. The molecule has 1 unspecified atom stereocenters. The molecule has 2 rings (SSSR count). The second-order valence-corrected chi connectivity index (χ2v) is 6.28. The van der Waals surface area contributed by atoms with Gasteiger partial charge in [-0.1, -0.05) is 46.6 Å². The molecule has 0 aliphatic rings. The molecule has 1 aromatic carbocycles. The monoisotopic (exact) mass is 355 g/mol. The van der Waals surface area contributed by atoms with Gasteiger partial charge < -0.3 is 5.32 Å². The van der Waals surface area contributed by atoms with Crippen LogP contribution in [0.4, 0.5) is 0 Å². The van der Waals surface area contributed by atoms with Crippen LogP contribution in [0, 0.1) is 0 Å². The van der Waals surface area contributed by atoms with Gasteiger partial charge in [-0.2, -0.15) is 5.10 Å². The summed E-state index contributed by atoms with van der Waals surface area (Å²) < 4.78 is 3.04. The van der Waals surface area contributed by atoms with Crippen molar-refractivity contribution in [2.45, 2.75) is 32.9 Å². The Balaban J connectivity index is 2.51. The number of benzene rings is 1. The number of nitrogens with zero attached hydrogens (tertiary/aromatic N) is 2. The van der Waals surface area contributed by atoms with Crippen molar-refractivity contribution in [1.29, 1.82) is 0 Å². The Kier molecular flexibility index (Phi) is 5.24. The maximum absolute atomic E-state index is 6.37. The lowest BCUT2D eigenvalue weighted by atomic mass is 10.0. The molecule has 1 atom stereocenters. The minimum absolute atomic E-state index is 0.0369. The molecule has 5 heteroatoms. The van der Waals surface area contributed by atoms with Gasteiger partial charge >= 0.3 is 0 Å². The average molecular weight is 357 g/mol. The standard InChI is InChI=1S/C15H19BrClN3/c1-4-18-14(11-6-5-7-12(16)8-11)15-13(17)9-19-20(15)10(2)3/h5-10,14,18H,4H2,1-3H3. The summed E-state index contributed by atoms with van der Waals surface area (Å²) in [5.41, 5.74) is 2.19. The Hall–Kier alpha value is -0.840. The van der Waals surface area contributed by atoms with Crippen LogP contribution in [0.2, 0.25) is 5.02 Å². The summed E-state index contributed by atoms with van der Waals surface area (Å²) in [5.74, 6) is 0. The van der Waals surface area contributed by atoms with Crippen molar-refractivity contribution in [3.63, 3.8) is 0 Å². The van der Waals surface area contributed by atoms with Crippen LogP contribution < -0.4 is 5.32 Å². The summed E-state index contributed by atoms with van der Waals surface area (Å²) in [6.45, 7) is 7.17. The largest absolute Gasteiger partial charge is 0.305 e. The highest BCUT2D eigenvalue weighted by Crippen LogP contribution is 2.31. The maximum Gasteiger partial charge on any atom is 0.0837 e. The molecule has 0 aliphatic heterocycles. The van der Waals surface area contributed by atoms with Gasteiger partial charge in [0.05, 0.1) is 23.0 Å². The van der Waals surface area contributed by atoms with Crippen LogP contribution in [0.15, 0.2) is 34.9 Å². The second kappa shape index (κ2) is 6.74. The van der Waals surface area contributed by atoms with Gasteiger partial charge in [0, 0.05) is 10.5 Å². The fourth-order valence-corrected chi connectivity index (χ4v) is 2.95. The van der Waals surface area contributed by atoms with Gasteiger partial charge in [-0.15, -0.1) is 0 Å². The molecule has 1 heterocycles. The van der Waals surface area contributed by atoms with Gasteiger partial charge in [-0.25, -0.2) is 0 Å². The Morgan fingerprint density at radius 1 is 1.40 bits per heavy atom. The lowest BCUT2D eigenvalue weighted by Gasteiger charge is -2.22. The summed E-state index contributed by atoms with van der Waals surface area (Å²) in [7, 11) is 0. The topological polar surface area (TPSA) is 29.9 Å². The van der Waals surface area contributed by atoms with Crippen molar-refractivity contribution in [2.24, 2.45) is 0 Å². The third-order valence-corrected chi connectivity index (χ3v) is 3.92. The molecule has 3 nitrogen and oxygen atoms in total. The fraction of sp³-hybridized carbons (Fsp3) is 0.400. The predicted octanol–water partition coefficient (Wildman–Crippen LogP) is 4.58. The van der Waals surface area contributed by atoms with Crippen LogP contribution in [0.1, 0.15) is 44.1 Å². The lowest BCUT2D eigenvalue weighted by molar-refractivity contribution is 0.476. The minimum Gasteiger partial charge on any atom is -0.305 e. The molecule has 0 bridgehead atoms. The Labute approximate surface area is 133 Å². The van der Waals surface area contributed by atoms with Crippen LogP contribution in [0.5, 0.6) is 0 Å². The summed E-state index contributed by atoms with van der Waals surface area (Å²) in [4.78, 5) is 0. The highest BCUT2D eigenvalue weighted by Gasteiger charge is 2.22. The van der Waals surface area contributed by atoms with Gasteiger partial charge in [0.15, 0.2) is 0 Å². The fourth-order valence-electron chi connectivity index (χ4n) is 2.29. The quantitative estimate of drug-likeness (QED) is 0.850. The molecule has 0 radical (unpaired) electrons. The van der Waals surface area contributed by atoms with Gasteiger partial charge in [0.2, 0.25) is 0 Å². The molecule has 2 aromatic rings. The van der Waals surface area contributed by atoms with Crippen LogP contribution in [0.3, 0.4) is 0 Å². The number of hydrogen-bond donors (Lipinski definition) is 1. The van der Waals surface area contributed by atoms with E-state index in [0.717, 1.165) is 16.7 Å². The molecule has 0 saturated carbocycles. The molecule has 20 heavy (non-hydrogen) atoms. The molecular weight excluding hydrogens is 338 g/mol. The number of aromatic nitrogens is 2. The van der Waals surface area contributed by atoms with Crippen LogP contribution in [0.25, 0.3) is 0 Å². The summed E-state index contributed by atoms with van der Waals surface area (Å²) >= 11 is 9.90. The maximum atomic E-state index is 6.37. The third-order valence-electron chi connectivity index (χ3n) is 3.14. The highest BCUT2D eigenvalue weighted by atomic mass is 79.9. The molecule has 1 aromatic heterocycles. The first-order valence-corrected chi connectivity index (χ1v) is 7.93. The number of rotatable bonds is 5. The summed E-state index contributed by atoms with van der Waals surface area (Å²) in [6.07, 6.45) is 1.72. The molecule has 0 aliphatic carbocycles. The van der Waals surface area contributed by atoms with Crippen LogP contribution in [-0.2, 0) is 0 Å². The number of nitrogens with one attached hydrogen (secondary N) is 1. The normalized spacial score (nSPS) is 12.9. The summed E-state index contributed by atoms with van der Waals surface area (Å²) in [5, 5.41) is 8.60. The lowest BCUT2D eigenvalue weighted by Crippen LogP contribution is -2.25. The van der Waals surface area contributed by atoms with Crippen molar-refractivity contribution in [1.82, 2.24) is 15.1 Å². The van der Waals surface area contributed by atoms with E-state index >= 15 is 0 Å². The molecule has 0 saturated heterocycles. The predicted molar refractivity (Wildman–Crippen MR) is 87.3 cm³/mol. The van der Waals surface area contributed by atoms with Crippen LogP contribution >= 0.6 is 27.5 Å². The van der Waals surface area contributed by atoms with E-state index in [1.807, 2.05) is 16.8 Å². The van der Waals surface area contributed by atoms with E-state index in [9.17, 15) is 0 Å². The molecule has 0 fully saturated rings. The van der Waals surface area contributed by atoms with E-state index in [1.54, 1.807) is 6.20 Å². The van der Waals surface area contributed by atoms with E-state index in [-0.39, 0.29) is 12.1 Å². The second-order valence-electron chi connectivity index (χ2n) is 4.96. The molecule has 108 valence electrons. The van der Waals surface area contributed by atoms with Crippen molar-refractivity contribution in [2.75, 3.05) is 6.54 Å². The van der Waals surface area contributed by atoms with Crippen molar-refractivity contribution < 1.29 is 0 Å². The zero-order valence-electron chi connectivity index (χ0n) is 11.9. The van der Waals surface area contributed by atoms with Crippen LogP contribution in [-0.4, -0.2) is 16.3 Å². The first-order chi connectivity index (χ1) is 9.54. The van der Waals surface area contributed by atoms with Crippen molar-refractivity contribution >= 4 is 27.5 Å². The highest BCUT2D eigenvalue weighted by molar-refractivity contribution is 9.10. The van der Waals surface area contributed by atoms with Gasteiger partial charge in [0.25, 0.3) is 0 Å².